The van der Waals surface area contributed by atoms with Crippen LogP contribution in [0.25, 0.3) is 0 Å². The number of carbonyl (C=O) groups is 1. The van der Waals surface area contributed by atoms with E-state index >= 15 is 0 Å². The van der Waals surface area contributed by atoms with Crippen molar-refractivity contribution in [3.8, 4) is 5.75 Å². The lowest BCUT2D eigenvalue weighted by molar-refractivity contribution is -0.0208. The Hall–Kier alpha value is -1.44. The molecule has 3 aliphatic carbocycles. The Morgan fingerprint density at radius 2 is 2.00 bits per heavy atom. The molecule has 0 aliphatic heterocycles. The van der Waals surface area contributed by atoms with Gasteiger partial charge in [-0.1, -0.05) is 13.0 Å². The highest BCUT2D eigenvalue weighted by Gasteiger charge is 2.55. The molecule has 0 spiro atoms. The zero-order chi connectivity index (χ0) is 18.0. The van der Waals surface area contributed by atoms with E-state index in [0.717, 1.165) is 31.2 Å². The summed E-state index contributed by atoms with van der Waals surface area (Å²) in [5.74, 6) is 0.736. The second-order valence-corrected chi connectivity index (χ2v) is 8.92. The molecule has 25 heavy (non-hydrogen) atoms. The summed E-state index contributed by atoms with van der Waals surface area (Å²) in [6.45, 7) is 2.15. The Balaban J connectivity index is 1.70. The SMILES string of the molecule is C[C@]12CC[C@@H]3c4ccc(OS(=O)(=O)O)cc4C(=O)C[C@H]3[C@@H]1CCC2O. The molecule has 5 atom stereocenters. The fourth-order valence-electron chi connectivity index (χ4n) is 5.53. The first-order valence-electron chi connectivity index (χ1n) is 8.71. The van der Waals surface area contributed by atoms with Gasteiger partial charge in [0.25, 0.3) is 0 Å². The van der Waals surface area contributed by atoms with Gasteiger partial charge < -0.3 is 9.29 Å². The molecular formula is C18H22O6S. The van der Waals surface area contributed by atoms with Crippen molar-refractivity contribution in [2.45, 2.75) is 51.0 Å². The van der Waals surface area contributed by atoms with Crippen LogP contribution in [0.3, 0.4) is 0 Å². The average molecular weight is 366 g/mol. The van der Waals surface area contributed by atoms with Gasteiger partial charge in [0.1, 0.15) is 5.75 Å². The fraction of sp³-hybridized carbons (Fsp3) is 0.611. The molecule has 6 nitrogen and oxygen atoms in total. The van der Waals surface area contributed by atoms with Crippen LogP contribution in [0.2, 0.25) is 0 Å². The number of carbonyl (C=O) groups excluding carboxylic acids is 1. The molecule has 3 aliphatic rings. The van der Waals surface area contributed by atoms with E-state index < -0.39 is 10.4 Å². The summed E-state index contributed by atoms with van der Waals surface area (Å²) in [4.78, 5) is 12.7. The number of aliphatic hydroxyl groups is 1. The maximum Gasteiger partial charge on any atom is 0.446 e. The summed E-state index contributed by atoms with van der Waals surface area (Å²) in [5, 5.41) is 10.4. The average Bonchev–Trinajstić information content (AvgIpc) is 2.82. The molecule has 7 heteroatoms. The van der Waals surface area contributed by atoms with Gasteiger partial charge in [0.15, 0.2) is 5.78 Å². The number of benzene rings is 1. The number of ketones is 1. The maximum atomic E-state index is 12.7. The lowest BCUT2D eigenvalue weighted by atomic mass is 9.55. The third kappa shape index (κ3) is 2.69. The quantitative estimate of drug-likeness (QED) is 0.781. The predicted molar refractivity (Wildman–Crippen MR) is 89.9 cm³/mol. The van der Waals surface area contributed by atoms with Crippen molar-refractivity contribution in [2.24, 2.45) is 17.3 Å². The number of hydrogen-bond acceptors (Lipinski definition) is 5. The fourth-order valence-corrected chi connectivity index (χ4v) is 5.88. The van der Waals surface area contributed by atoms with Gasteiger partial charge in [-0.25, -0.2) is 0 Å². The molecule has 0 amide bonds. The van der Waals surface area contributed by atoms with Gasteiger partial charge in [0.05, 0.1) is 6.10 Å². The van der Waals surface area contributed by atoms with Crippen molar-refractivity contribution < 1.29 is 27.1 Å². The van der Waals surface area contributed by atoms with Crippen LogP contribution in [0.5, 0.6) is 5.75 Å². The minimum atomic E-state index is -4.61. The van der Waals surface area contributed by atoms with E-state index in [-0.39, 0.29) is 34.9 Å². The van der Waals surface area contributed by atoms with Crippen molar-refractivity contribution in [2.75, 3.05) is 0 Å². The molecule has 0 radical (unpaired) electrons. The van der Waals surface area contributed by atoms with Crippen LogP contribution in [0, 0.1) is 17.3 Å². The first-order valence-corrected chi connectivity index (χ1v) is 10.1. The standard InChI is InChI=1S/C18H22O6S/c1-18-7-6-12-11-3-2-10(24-25(21,22)23)8-14(11)16(19)9-13(12)15(18)4-5-17(18)20/h2-3,8,12-13,15,17,20H,4-7,9H2,1H3,(H,21,22,23)/t12-,13-,15+,17?,18+/m1/s1. The second kappa shape index (κ2) is 5.53. The lowest BCUT2D eigenvalue weighted by Crippen LogP contribution is -2.44. The predicted octanol–water partition coefficient (Wildman–Crippen LogP) is 2.73. The molecule has 0 saturated heterocycles. The molecular weight excluding hydrogens is 344 g/mol. The molecule has 0 aromatic heterocycles. The molecule has 2 fully saturated rings. The zero-order valence-corrected chi connectivity index (χ0v) is 14.8. The first-order chi connectivity index (χ1) is 11.7. The Morgan fingerprint density at radius 1 is 1.24 bits per heavy atom. The maximum absolute atomic E-state index is 12.7. The highest BCUT2D eigenvalue weighted by Crippen LogP contribution is 2.60. The second-order valence-electron chi connectivity index (χ2n) is 7.90. The van der Waals surface area contributed by atoms with Gasteiger partial charge >= 0.3 is 10.4 Å². The largest absolute Gasteiger partial charge is 0.446 e. The van der Waals surface area contributed by atoms with E-state index in [2.05, 4.69) is 11.1 Å². The van der Waals surface area contributed by atoms with Crippen molar-refractivity contribution in [1.82, 2.24) is 0 Å². The van der Waals surface area contributed by atoms with Crippen LogP contribution < -0.4 is 4.18 Å². The van der Waals surface area contributed by atoms with E-state index in [1.54, 1.807) is 6.07 Å². The normalized spacial score (nSPS) is 37.2. The topological polar surface area (TPSA) is 101 Å². The van der Waals surface area contributed by atoms with E-state index in [1.807, 2.05) is 0 Å². The first kappa shape index (κ1) is 17.0. The Kier molecular flexibility index (Phi) is 3.76. The Morgan fingerprint density at radius 3 is 2.72 bits per heavy atom. The van der Waals surface area contributed by atoms with Crippen LogP contribution in [0.15, 0.2) is 18.2 Å². The summed E-state index contributed by atoms with van der Waals surface area (Å²) in [6.07, 6.45) is 3.71. The van der Waals surface area contributed by atoms with Crippen LogP contribution in [-0.4, -0.2) is 30.0 Å². The van der Waals surface area contributed by atoms with Gasteiger partial charge in [-0.15, -0.1) is 0 Å². The van der Waals surface area contributed by atoms with E-state index in [0.29, 0.717) is 17.9 Å². The van der Waals surface area contributed by atoms with Crippen LogP contribution in [0.4, 0.5) is 0 Å². The number of Topliss-reactive ketones (excluding diaryl/α,β-unsaturated/α-hetero) is 1. The minimum absolute atomic E-state index is 0.0253. The molecule has 0 bridgehead atoms. The summed E-state index contributed by atoms with van der Waals surface area (Å²) in [6, 6.07) is 4.65. The summed E-state index contributed by atoms with van der Waals surface area (Å²) < 4.78 is 35.1. The van der Waals surface area contributed by atoms with Crippen molar-refractivity contribution in [1.29, 1.82) is 0 Å². The van der Waals surface area contributed by atoms with Crippen LogP contribution >= 0.6 is 0 Å². The smallest absolute Gasteiger partial charge is 0.393 e. The number of rotatable bonds is 2. The van der Waals surface area contributed by atoms with E-state index in [4.69, 9.17) is 4.55 Å². The van der Waals surface area contributed by atoms with Gasteiger partial charge in [0, 0.05) is 12.0 Å². The molecule has 0 heterocycles. The van der Waals surface area contributed by atoms with E-state index in [1.165, 1.54) is 12.1 Å². The molecule has 2 N–H and O–H groups in total. The van der Waals surface area contributed by atoms with Gasteiger partial charge in [0.2, 0.25) is 0 Å². The highest BCUT2D eigenvalue weighted by atomic mass is 32.3. The van der Waals surface area contributed by atoms with Gasteiger partial charge in [-0.3, -0.25) is 9.35 Å². The molecule has 2 saturated carbocycles. The van der Waals surface area contributed by atoms with E-state index in [9.17, 15) is 18.3 Å². The minimum Gasteiger partial charge on any atom is -0.393 e. The third-order valence-electron chi connectivity index (χ3n) is 6.73. The summed E-state index contributed by atoms with van der Waals surface area (Å²) in [7, 11) is -4.61. The summed E-state index contributed by atoms with van der Waals surface area (Å²) >= 11 is 0. The number of hydrogen-bond donors (Lipinski definition) is 2. The molecule has 136 valence electrons. The van der Waals surface area contributed by atoms with Gasteiger partial charge in [-0.2, -0.15) is 8.42 Å². The Bertz CT molecular complexity index is 832. The molecule has 1 aromatic rings. The van der Waals surface area contributed by atoms with Crippen LogP contribution in [-0.2, 0) is 10.4 Å². The monoisotopic (exact) mass is 366 g/mol. The highest BCUT2D eigenvalue weighted by molar-refractivity contribution is 7.81. The Labute approximate surface area is 147 Å². The lowest BCUT2D eigenvalue weighted by Gasteiger charge is -2.49. The van der Waals surface area contributed by atoms with Crippen LogP contribution in [0.1, 0.15) is 60.9 Å². The molecule has 1 unspecified atom stereocenters. The molecule has 4 rings (SSSR count). The third-order valence-corrected chi connectivity index (χ3v) is 7.14. The molecule has 1 aromatic carbocycles. The number of aliphatic hydroxyl groups excluding tert-OH is 1. The zero-order valence-electron chi connectivity index (χ0n) is 14.0. The van der Waals surface area contributed by atoms with Crippen molar-refractivity contribution in [3.63, 3.8) is 0 Å². The van der Waals surface area contributed by atoms with Crippen molar-refractivity contribution >= 4 is 16.2 Å². The van der Waals surface area contributed by atoms with Gasteiger partial charge in [-0.05, 0) is 66.5 Å². The van der Waals surface area contributed by atoms with Crippen molar-refractivity contribution in [3.05, 3.63) is 29.3 Å². The number of fused-ring (bicyclic) bond motifs is 5. The summed E-state index contributed by atoms with van der Waals surface area (Å²) in [5.41, 5.74) is 1.32.